The minimum Gasteiger partial charge on any atom is -0.496 e. The normalized spacial score (nSPS) is 10.3. The second kappa shape index (κ2) is 9.90. The molecule has 0 aliphatic heterocycles. The number of hydrogen-bond acceptors (Lipinski definition) is 6. The van der Waals surface area contributed by atoms with Crippen LogP contribution in [-0.4, -0.2) is 32.0 Å². The molecule has 0 unspecified atom stereocenters. The van der Waals surface area contributed by atoms with Crippen molar-refractivity contribution in [3.05, 3.63) is 81.7 Å². The molecule has 8 heteroatoms. The lowest BCUT2D eigenvalue weighted by atomic mass is 10.1. The molecule has 2 N–H and O–H groups in total. The zero-order valence-corrected chi connectivity index (χ0v) is 18.2. The van der Waals surface area contributed by atoms with E-state index in [9.17, 15) is 14.4 Å². The summed E-state index contributed by atoms with van der Waals surface area (Å²) in [6.45, 7) is 1.99. The third kappa shape index (κ3) is 4.92. The van der Waals surface area contributed by atoms with E-state index in [4.69, 9.17) is 9.47 Å². The van der Waals surface area contributed by atoms with Crippen molar-refractivity contribution in [3.63, 3.8) is 0 Å². The number of rotatable bonds is 7. The minimum atomic E-state index is -0.633. The first-order chi connectivity index (χ1) is 15.0. The number of hydrogen-bond donors (Lipinski definition) is 2. The Morgan fingerprint density at radius 2 is 1.61 bits per heavy atom. The summed E-state index contributed by atoms with van der Waals surface area (Å²) in [5.41, 5.74) is 1.85. The highest BCUT2D eigenvalue weighted by molar-refractivity contribution is 7.18. The summed E-state index contributed by atoms with van der Waals surface area (Å²) in [5.74, 6) is -1.03. The molecule has 0 atom stereocenters. The zero-order valence-electron chi connectivity index (χ0n) is 17.4. The van der Waals surface area contributed by atoms with E-state index < -0.39 is 11.9 Å². The summed E-state index contributed by atoms with van der Waals surface area (Å²) in [6.07, 6.45) is 0. The van der Waals surface area contributed by atoms with Crippen LogP contribution in [0.2, 0.25) is 0 Å². The first-order valence-corrected chi connectivity index (χ1v) is 10.3. The molecule has 0 aliphatic rings. The van der Waals surface area contributed by atoms with Gasteiger partial charge >= 0.3 is 5.97 Å². The molecule has 0 fully saturated rings. The van der Waals surface area contributed by atoms with Crippen molar-refractivity contribution < 1.29 is 23.9 Å². The lowest BCUT2D eigenvalue weighted by Gasteiger charge is -2.09. The van der Waals surface area contributed by atoms with Gasteiger partial charge in [-0.25, -0.2) is 4.79 Å². The molecule has 1 heterocycles. The molecule has 0 saturated heterocycles. The predicted octanol–water partition coefficient (Wildman–Crippen LogP) is 4.03. The molecule has 2 amide bonds. The number of para-hydroxylation sites is 1. The Labute approximate surface area is 184 Å². The molecular weight excluding hydrogens is 416 g/mol. The number of esters is 1. The number of carbonyl (C=O) groups is 3. The molecule has 0 bridgehead atoms. The molecule has 2 aromatic carbocycles. The van der Waals surface area contributed by atoms with Crippen LogP contribution in [-0.2, 0) is 11.3 Å². The van der Waals surface area contributed by atoms with Crippen molar-refractivity contribution in [1.82, 2.24) is 5.32 Å². The SMILES string of the molecule is COC(=O)c1c(NC(=O)c2ccccc2OC)sc(C(=O)NCc2ccccc2)c1C. The fraction of sp³-hybridized carbons (Fsp3) is 0.174. The second-order valence-electron chi connectivity index (χ2n) is 6.57. The number of amides is 2. The minimum absolute atomic E-state index is 0.153. The number of nitrogens with one attached hydrogen (secondary N) is 2. The van der Waals surface area contributed by atoms with Crippen LogP contribution in [0.1, 0.15) is 41.5 Å². The van der Waals surface area contributed by atoms with Gasteiger partial charge in [-0.2, -0.15) is 0 Å². The monoisotopic (exact) mass is 438 g/mol. The Morgan fingerprint density at radius 3 is 2.29 bits per heavy atom. The number of benzene rings is 2. The van der Waals surface area contributed by atoms with E-state index in [-0.39, 0.29) is 16.5 Å². The van der Waals surface area contributed by atoms with Gasteiger partial charge in [-0.05, 0) is 30.2 Å². The highest BCUT2D eigenvalue weighted by Crippen LogP contribution is 2.34. The quantitative estimate of drug-likeness (QED) is 0.543. The van der Waals surface area contributed by atoms with E-state index in [2.05, 4.69) is 10.6 Å². The smallest absolute Gasteiger partial charge is 0.341 e. The summed E-state index contributed by atoms with van der Waals surface area (Å²) < 4.78 is 10.1. The lowest BCUT2D eigenvalue weighted by molar-refractivity contribution is 0.0601. The molecule has 3 aromatic rings. The molecule has 0 aliphatic carbocycles. The van der Waals surface area contributed by atoms with Crippen molar-refractivity contribution in [2.24, 2.45) is 0 Å². The van der Waals surface area contributed by atoms with Crippen molar-refractivity contribution >= 4 is 34.1 Å². The van der Waals surface area contributed by atoms with Crippen molar-refractivity contribution in [1.29, 1.82) is 0 Å². The van der Waals surface area contributed by atoms with E-state index in [0.717, 1.165) is 16.9 Å². The van der Waals surface area contributed by atoms with Crippen LogP contribution in [0.5, 0.6) is 5.75 Å². The third-order valence-corrected chi connectivity index (χ3v) is 5.82. The second-order valence-corrected chi connectivity index (χ2v) is 7.60. The van der Waals surface area contributed by atoms with Gasteiger partial charge in [0.05, 0.1) is 30.2 Å². The molecule has 0 saturated carbocycles. The van der Waals surface area contributed by atoms with Gasteiger partial charge in [-0.3, -0.25) is 9.59 Å². The summed E-state index contributed by atoms with van der Waals surface area (Å²) in [4.78, 5) is 38.3. The van der Waals surface area contributed by atoms with E-state index >= 15 is 0 Å². The zero-order chi connectivity index (χ0) is 22.4. The number of anilines is 1. The fourth-order valence-corrected chi connectivity index (χ4v) is 4.13. The summed E-state index contributed by atoms with van der Waals surface area (Å²) in [7, 11) is 2.72. The van der Waals surface area contributed by atoms with E-state index in [1.54, 1.807) is 31.2 Å². The van der Waals surface area contributed by atoms with Crippen LogP contribution < -0.4 is 15.4 Å². The van der Waals surface area contributed by atoms with Gasteiger partial charge in [0.2, 0.25) is 0 Å². The van der Waals surface area contributed by atoms with E-state index in [1.165, 1.54) is 14.2 Å². The average Bonchev–Trinajstić information content (AvgIpc) is 3.13. The topological polar surface area (TPSA) is 93.7 Å². The first-order valence-electron chi connectivity index (χ1n) is 9.44. The Balaban J connectivity index is 1.88. The Morgan fingerprint density at radius 1 is 0.935 bits per heavy atom. The maximum atomic E-state index is 12.8. The van der Waals surface area contributed by atoms with Crippen molar-refractivity contribution in [2.45, 2.75) is 13.5 Å². The fourth-order valence-electron chi connectivity index (χ4n) is 3.03. The number of methoxy groups -OCH3 is 2. The third-order valence-electron chi connectivity index (χ3n) is 4.62. The number of carbonyl (C=O) groups excluding carboxylic acids is 3. The summed E-state index contributed by atoms with van der Waals surface area (Å²) >= 11 is 1.02. The maximum Gasteiger partial charge on any atom is 0.341 e. The standard InChI is InChI=1S/C23H22N2O5S/c1-14-18(23(28)30-3)22(25-20(26)16-11-7-8-12-17(16)29-2)31-19(14)21(27)24-13-15-9-5-4-6-10-15/h4-12H,13H2,1-3H3,(H,24,27)(H,25,26). The average molecular weight is 439 g/mol. The van der Waals surface area contributed by atoms with Gasteiger partial charge in [0.15, 0.2) is 0 Å². The van der Waals surface area contributed by atoms with Crippen LogP contribution in [0.25, 0.3) is 0 Å². The molecule has 0 radical (unpaired) electrons. The van der Waals surface area contributed by atoms with Gasteiger partial charge in [-0.15, -0.1) is 11.3 Å². The van der Waals surface area contributed by atoms with Gasteiger partial charge < -0.3 is 20.1 Å². The Bertz CT molecular complexity index is 1110. The lowest BCUT2D eigenvalue weighted by Crippen LogP contribution is -2.22. The van der Waals surface area contributed by atoms with Crippen molar-refractivity contribution in [2.75, 3.05) is 19.5 Å². The first kappa shape index (κ1) is 22.0. The molecular formula is C23H22N2O5S. The highest BCUT2D eigenvalue weighted by Gasteiger charge is 2.27. The van der Waals surface area contributed by atoms with Crippen LogP contribution >= 0.6 is 11.3 Å². The van der Waals surface area contributed by atoms with Gasteiger partial charge in [0.25, 0.3) is 11.8 Å². The van der Waals surface area contributed by atoms with Crippen LogP contribution in [0.4, 0.5) is 5.00 Å². The number of thiophene rings is 1. The van der Waals surface area contributed by atoms with Crippen LogP contribution in [0.15, 0.2) is 54.6 Å². The highest BCUT2D eigenvalue weighted by atomic mass is 32.1. The largest absolute Gasteiger partial charge is 0.496 e. The van der Waals surface area contributed by atoms with Crippen molar-refractivity contribution in [3.8, 4) is 5.75 Å². The van der Waals surface area contributed by atoms with Gasteiger partial charge in [0, 0.05) is 6.54 Å². The van der Waals surface area contributed by atoms with Crippen LogP contribution in [0.3, 0.4) is 0 Å². The molecule has 7 nitrogen and oxygen atoms in total. The number of ether oxygens (including phenoxy) is 2. The van der Waals surface area contributed by atoms with Crippen LogP contribution in [0, 0.1) is 6.92 Å². The molecule has 1 aromatic heterocycles. The molecule has 160 valence electrons. The van der Waals surface area contributed by atoms with E-state index in [1.807, 2.05) is 30.3 Å². The van der Waals surface area contributed by atoms with Gasteiger partial charge in [0.1, 0.15) is 10.8 Å². The maximum absolute atomic E-state index is 12.8. The Hall–Kier alpha value is -3.65. The van der Waals surface area contributed by atoms with Gasteiger partial charge in [-0.1, -0.05) is 42.5 Å². The predicted molar refractivity (Wildman–Crippen MR) is 119 cm³/mol. The summed E-state index contributed by atoms with van der Waals surface area (Å²) in [5, 5.41) is 5.81. The molecule has 3 rings (SSSR count). The summed E-state index contributed by atoms with van der Waals surface area (Å²) in [6, 6.07) is 16.2. The molecule has 31 heavy (non-hydrogen) atoms. The molecule has 0 spiro atoms. The van der Waals surface area contributed by atoms with E-state index in [0.29, 0.717) is 28.3 Å². The Kier molecular flexibility index (Phi) is 7.04.